The summed E-state index contributed by atoms with van der Waals surface area (Å²) in [4.78, 5) is 22.6. The monoisotopic (exact) mass is 355 g/mol. The number of carbonyl (C=O) groups is 1. The number of nitrogen functional groups attached to an aromatic ring is 1. The van der Waals surface area contributed by atoms with Crippen LogP contribution in [-0.4, -0.2) is 70.6 Å². The van der Waals surface area contributed by atoms with Gasteiger partial charge in [0.2, 0.25) is 0 Å². The molecule has 3 rings (SSSR count). The number of aliphatic hydroxyl groups excluding tert-OH is 2. The zero-order chi connectivity index (χ0) is 17.3. The molecule has 5 N–H and O–H groups in total. The van der Waals surface area contributed by atoms with Crippen LogP contribution in [0.1, 0.15) is 12.6 Å². The molecule has 0 spiro atoms. The lowest BCUT2D eigenvalue weighted by Gasteiger charge is -2.16. The number of hydrogen-bond acceptors (Lipinski definition) is 9. The fourth-order valence-electron chi connectivity index (χ4n) is 2.51. The maximum atomic E-state index is 10.5. The van der Waals surface area contributed by atoms with Gasteiger partial charge in [0.05, 0.1) is 18.9 Å². The second-order valence-electron chi connectivity index (χ2n) is 5.35. The van der Waals surface area contributed by atoms with Crippen molar-refractivity contribution in [3.05, 3.63) is 12.7 Å². The van der Waals surface area contributed by atoms with Crippen LogP contribution in [0.5, 0.6) is 0 Å². The number of fused-ring (bicyclic) bond motifs is 1. The lowest BCUT2D eigenvalue weighted by molar-refractivity contribution is -0.136. The first-order valence-electron chi connectivity index (χ1n) is 7.23. The summed E-state index contributed by atoms with van der Waals surface area (Å²) in [6.45, 7) is 0. The predicted molar refractivity (Wildman–Crippen MR) is 85.2 cm³/mol. The molecule has 1 aliphatic heterocycles. The maximum Gasteiger partial charge on any atom is 0.304 e. The van der Waals surface area contributed by atoms with Gasteiger partial charge in [-0.05, 0) is 0 Å². The zero-order valence-electron chi connectivity index (χ0n) is 12.5. The van der Waals surface area contributed by atoms with Gasteiger partial charge in [0.15, 0.2) is 17.7 Å². The van der Waals surface area contributed by atoms with Crippen LogP contribution in [0.2, 0.25) is 0 Å². The van der Waals surface area contributed by atoms with Gasteiger partial charge in [-0.25, -0.2) is 15.0 Å². The molecule has 0 amide bonds. The Morgan fingerprint density at radius 1 is 1.33 bits per heavy atom. The molecule has 2 aromatic heterocycles. The van der Waals surface area contributed by atoms with Gasteiger partial charge in [0.25, 0.3) is 0 Å². The standard InChI is InChI=1S/C13H17N5O5S/c14-11-8-12(16-4-15-11)18(5-17-8)13-10(22)9(21)6(23-13)3-24-2-1-7(19)20/h4-6,9-10,13,21-22H,1-3H2,(H,19,20)(H2,14,15,16)/t6-,9-,10-,13-/m1/s1. The third kappa shape index (κ3) is 3.15. The molecule has 130 valence electrons. The fraction of sp³-hybridized carbons (Fsp3) is 0.538. The van der Waals surface area contributed by atoms with Crippen molar-refractivity contribution in [1.29, 1.82) is 0 Å². The molecule has 10 nitrogen and oxygen atoms in total. The van der Waals surface area contributed by atoms with Crippen molar-refractivity contribution in [2.24, 2.45) is 0 Å². The molecule has 0 aromatic carbocycles. The van der Waals surface area contributed by atoms with Gasteiger partial charge >= 0.3 is 5.97 Å². The molecule has 2 aromatic rings. The number of aliphatic carboxylic acids is 1. The van der Waals surface area contributed by atoms with E-state index in [-0.39, 0.29) is 12.2 Å². The van der Waals surface area contributed by atoms with Gasteiger partial charge in [0, 0.05) is 11.5 Å². The molecule has 1 saturated heterocycles. The first-order valence-corrected chi connectivity index (χ1v) is 8.38. The van der Waals surface area contributed by atoms with Crippen LogP contribution in [0.15, 0.2) is 12.7 Å². The van der Waals surface area contributed by atoms with Gasteiger partial charge < -0.3 is 25.8 Å². The summed E-state index contributed by atoms with van der Waals surface area (Å²) >= 11 is 1.34. The molecule has 11 heteroatoms. The fourth-order valence-corrected chi connectivity index (χ4v) is 3.51. The van der Waals surface area contributed by atoms with Crippen LogP contribution in [0.3, 0.4) is 0 Å². The molecule has 4 atom stereocenters. The highest BCUT2D eigenvalue weighted by molar-refractivity contribution is 7.99. The quantitative estimate of drug-likeness (QED) is 0.485. The Morgan fingerprint density at radius 2 is 2.12 bits per heavy atom. The van der Waals surface area contributed by atoms with Gasteiger partial charge in [-0.3, -0.25) is 9.36 Å². The molecule has 0 aliphatic carbocycles. The summed E-state index contributed by atoms with van der Waals surface area (Å²) in [7, 11) is 0. The Bertz CT molecular complexity index is 741. The predicted octanol–water partition coefficient (Wildman–Crippen LogP) is -0.764. The highest BCUT2D eigenvalue weighted by Crippen LogP contribution is 2.33. The van der Waals surface area contributed by atoms with Gasteiger partial charge in [-0.15, -0.1) is 0 Å². The SMILES string of the molecule is Nc1ncnc2c1ncn2[C@@H]1O[C@H](CSCCC(=O)O)[C@@H](O)[C@H]1O. The highest BCUT2D eigenvalue weighted by Gasteiger charge is 2.44. The van der Waals surface area contributed by atoms with Crippen molar-refractivity contribution < 1.29 is 24.9 Å². The average Bonchev–Trinajstić information content (AvgIpc) is 3.08. The second kappa shape index (κ2) is 6.89. The number of rotatable bonds is 6. The summed E-state index contributed by atoms with van der Waals surface area (Å²) in [5, 5.41) is 29.1. The number of hydrogen-bond donors (Lipinski definition) is 4. The third-order valence-electron chi connectivity index (χ3n) is 3.74. The van der Waals surface area contributed by atoms with E-state index in [1.807, 2.05) is 0 Å². The molecular weight excluding hydrogens is 338 g/mol. The molecule has 0 radical (unpaired) electrons. The van der Waals surface area contributed by atoms with Gasteiger partial charge in [-0.2, -0.15) is 11.8 Å². The Kier molecular flexibility index (Phi) is 4.85. The number of aromatic nitrogens is 4. The van der Waals surface area contributed by atoms with Crippen molar-refractivity contribution in [3.63, 3.8) is 0 Å². The summed E-state index contributed by atoms with van der Waals surface area (Å²) in [6, 6.07) is 0. The molecule has 1 fully saturated rings. The van der Waals surface area contributed by atoms with Gasteiger partial charge in [0.1, 0.15) is 24.1 Å². The van der Waals surface area contributed by atoms with E-state index in [0.717, 1.165) is 0 Å². The number of nitrogens with two attached hydrogens (primary N) is 1. The second-order valence-corrected chi connectivity index (χ2v) is 6.50. The van der Waals surface area contributed by atoms with Crippen molar-refractivity contribution in [3.8, 4) is 0 Å². The molecule has 24 heavy (non-hydrogen) atoms. The van der Waals surface area contributed by atoms with Crippen molar-refractivity contribution in [2.45, 2.75) is 31.0 Å². The number of carboxylic acids is 1. The van der Waals surface area contributed by atoms with E-state index >= 15 is 0 Å². The third-order valence-corrected chi connectivity index (χ3v) is 4.80. The van der Waals surface area contributed by atoms with Gasteiger partial charge in [-0.1, -0.05) is 0 Å². The largest absolute Gasteiger partial charge is 0.481 e. The minimum atomic E-state index is -1.16. The maximum absolute atomic E-state index is 10.5. The Balaban J connectivity index is 1.72. The van der Waals surface area contributed by atoms with Crippen molar-refractivity contribution in [2.75, 3.05) is 17.2 Å². The molecule has 0 saturated carbocycles. The van der Waals surface area contributed by atoms with Crippen LogP contribution in [0.25, 0.3) is 11.2 Å². The Hall–Kier alpha value is -1.95. The average molecular weight is 355 g/mol. The lowest BCUT2D eigenvalue weighted by atomic mass is 10.1. The minimum absolute atomic E-state index is 0.0296. The van der Waals surface area contributed by atoms with Crippen LogP contribution >= 0.6 is 11.8 Å². The number of thioether (sulfide) groups is 1. The van der Waals surface area contributed by atoms with Crippen LogP contribution < -0.4 is 5.73 Å². The summed E-state index contributed by atoms with van der Waals surface area (Å²) in [5.74, 6) is 0.106. The number of imidazole rings is 1. The molecular formula is C13H17N5O5S. The van der Waals surface area contributed by atoms with E-state index in [0.29, 0.717) is 22.7 Å². The topological polar surface area (TPSA) is 157 Å². The summed E-state index contributed by atoms with van der Waals surface area (Å²) in [6.07, 6.45) is -0.997. The smallest absolute Gasteiger partial charge is 0.304 e. The van der Waals surface area contributed by atoms with E-state index in [1.165, 1.54) is 29.0 Å². The number of ether oxygens (including phenoxy) is 1. The normalized spacial score (nSPS) is 26.9. The summed E-state index contributed by atoms with van der Waals surface area (Å²) in [5.41, 5.74) is 6.52. The molecule has 0 bridgehead atoms. The first kappa shape index (κ1) is 16.9. The zero-order valence-corrected chi connectivity index (χ0v) is 13.3. The van der Waals surface area contributed by atoms with Crippen molar-refractivity contribution in [1.82, 2.24) is 19.5 Å². The highest BCUT2D eigenvalue weighted by atomic mass is 32.2. The molecule has 0 unspecified atom stereocenters. The van der Waals surface area contributed by atoms with E-state index in [2.05, 4.69) is 15.0 Å². The minimum Gasteiger partial charge on any atom is -0.481 e. The Labute approximate surface area is 140 Å². The number of aliphatic hydroxyl groups is 2. The number of anilines is 1. The van der Waals surface area contributed by atoms with E-state index in [9.17, 15) is 15.0 Å². The van der Waals surface area contributed by atoms with Crippen molar-refractivity contribution >= 4 is 34.7 Å². The van der Waals surface area contributed by atoms with E-state index < -0.39 is 30.5 Å². The van der Waals surface area contributed by atoms with E-state index in [1.54, 1.807) is 0 Å². The van der Waals surface area contributed by atoms with Crippen LogP contribution in [-0.2, 0) is 9.53 Å². The summed E-state index contributed by atoms with van der Waals surface area (Å²) < 4.78 is 7.24. The lowest BCUT2D eigenvalue weighted by Crippen LogP contribution is -2.32. The van der Waals surface area contributed by atoms with Crippen LogP contribution in [0, 0.1) is 0 Å². The van der Waals surface area contributed by atoms with Crippen LogP contribution in [0.4, 0.5) is 5.82 Å². The first-order chi connectivity index (χ1) is 11.5. The molecule has 1 aliphatic rings. The number of carboxylic acid groups (broad SMARTS) is 1. The molecule has 3 heterocycles. The van der Waals surface area contributed by atoms with E-state index in [4.69, 9.17) is 15.6 Å². The number of nitrogens with zero attached hydrogens (tertiary/aromatic N) is 4. The Morgan fingerprint density at radius 3 is 2.88 bits per heavy atom.